The maximum atomic E-state index is 11.2. The summed E-state index contributed by atoms with van der Waals surface area (Å²) in [6.45, 7) is 13.0. The monoisotopic (exact) mass is 408 g/mol. The Hall–Kier alpha value is -1.26. The van der Waals surface area contributed by atoms with Gasteiger partial charge in [0.1, 0.15) is 6.61 Å². The summed E-state index contributed by atoms with van der Waals surface area (Å²) in [7, 11) is 0. The molecular formula is C19H40N2O7. The predicted molar refractivity (Wildman–Crippen MR) is 107 cm³/mol. The average molecular weight is 409 g/mol. The van der Waals surface area contributed by atoms with Gasteiger partial charge in [-0.05, 0) is 6.92 Å². The van der Waals surface area contributed by atoms with Crippen LogP contribution in [0.3, 0.4) is 0 Å². The lowest BCUT2D eigenvalue weighted by molar-refractivity contribution is -0.125. The molecule has 2 N–H and O–H groups in total. The van der Waals surface area contributed by atoms with Crippen molar-refractivity contribution >= 4 is 11.8 Å². The van der Waals surface area contributed by atoms with Crippen LogP contribution in [-0.2, 0) is 33.3 Å². The van der Waals surface area contributed by atoms with E-state index in [0.29, 0.717) is 79.0 Å². The van der Waals surface area contributed by atoms with E-state index in [2.05, 4.69) is 10.6 Å². The molecule has 0 aliphatic heterocycles. The van der Waals surface area contributed by atoms with Crippen LogP contribution in [0.2, 0.25) is 0 Å². The van der Waals surface area contributed by atoms with Gasteiger partial charge in [-0.2, -0.15) is 0 Å². The second-order valence-electron chi connectivity index (χ2n) is 5.14. The third-order valence-electron chi connectivity index (χ3n) is 3.01. The maximum Gasteiger partial charge on any atom is 0.246 e. The van der Waals surface area contributed by atoms with Crippen molar-refractivity contribution < 1.29 is 33.3 Å². The molecule has 0 aromatic rings. The van der Waals surface area contributed by atoms with Gasteiger partial charge in [-0.1, -0.05) is 20.8 Å². The Morgan fingerprint density at radius 1 is 0.607 bits per heavy atom. The molecule has 0 aliphatic carbocycles. The first-order valence-corrected chi connectivity index (χ1v) is 10.1. The third-order valence-corrected chi connectivity index (χ3v) is 3.01. The molecule has 0 aromatic heterocycles. The number of amides is 2. The normalized spacial score (nSPS) is 10.1. The molecule has 0 atom stereocenters. The molecule has 2 amide bonds. The Morgan fingerprint density at radius 3 is 1.39 bits per heavy atom. The van der Waals surface area contributed by atoms with Crippen LogP contribution in [0.15, 0.2) is 0 Å². The second-order valence-corrected chi connectivity index (χ2v) is 5.14. The summed E-state index contributed by atoms with van der Waals surface area (Å²) in [5, 5.41) is 5.41. The number of hydrogen-bond donors (Lipinski definition) is 2. The molecule has 0 heterocycles. The van der Waals surface area contributed by atoms with Crippen LogP contribution in [-0.4, -0.2) is 91.0 Å². The van der Waals surface area contributed by atoms with Gasteiger partial charge in [-0.15, -0.1) is 0 Å². The summed E-state index contributed by atoms with van der Waals surface area (Å²) in [6, 6.07) is 0. The molecular weight excluding hydrogens is 368 g/mol. The van der Waals surface area contributed by atoms with Crippen molar-refractivity contribution in [3.63, 3.8) is 0 Å². The first kappa shape index (κ1) is 28.9. The highest BCUT2D eigenvalue weighted by atomic mass is 16.6. The first-order valence-electron chi connectivity index (χ1n) is 10.1. The molecule has 0 aromatic carbocycles. The van der Waals surface area contributed by atoms with Crippen LogP contribution in [0.25, 0.3) is 0 Å². The maximum absolute atomic E-state index is 11.2. The van der Waals surface area contributed by atoms with Crippen molar-refractivity contribution in [3.8, 4) is 0 Å². The zero-order valence-corrected chi connectivity index (χ0v) is 18.1. The number of ether oxygens (including phenoxy) is 5. The largest absolute Gasteiger partial charge is 0.377 e. The second kappa shape index (κ2) is 25.7. The Kier molecular flexibility index (Phi) is 26.6. The van der Waals surface area contributed by atoms with Gasteiger partial charge in [0, 0.05) is 26.1 Å². The van der Waals surface area contributed by atoms with Crippen molar-refractivity contribution in [3.05, 3.63) is 0 Å². The third kappa shape index (κ3) is 24.7. The van der Waals surface area contributed by atoms with Gasteiger partial charge in [0.15, 0.2) is 0 Å². The molecule has 0 bridgehead atoms. The summed E-state index contributed by atoms with van der Waals surface area (Å²) in [4.78, 5) is 22.2. The van der Waals surface area contributed by atoms with Crippen LogP contribution in [0.5, 0.6) is 0 Å². The lowest BCUT2D eigenvalue weighted by atomic mass is 10.4. The van der Waals surface area contributed by atoms with Crippen molar-refractivity contribution in [1.82, 2.24) is 10.6 Å². The standard InChI is InChI=1S/C17H34N2O7.C2H6/c1-3-16(20)18-5-7-23-9-11-25-13-14-26-12-10-24-8-6-19-17(21)15-22-4-2;1-2/h3-15H2,1-2H3,(H,18,20)(H,19,21);1-2H3. The number of nitrogens with one attached hydrogen (secondary N) is 2. The van der Waals surface area contributed by atoms with E-state index in [1.54, 1.807) is 0 Å². The van der Waals surface area contributed by atoms with Crippen molar-refractivity contribution in [2.45, 2.75) is 34.1 Å². The molecule has 0 spiro atoms. The molecule has 0 fully saturated rings. The van der Waals surface area contributed by atoms with E-state index in [-0.39, 0.29) is 18.4 Å². The quantitative estimate of drug-likeness (QED) is 0.304. The highest BCUT2D eigenvalue weighted by molar-refractivity contribution is 5.77. The van der Waals surface area contributed by atoms with E-state index in [9.17, 15) is 9.59 Å². The van der Waals surface area contributed by atoms with Gasteiger partial charge in [0.05, 0.1) is 52.9 Å². The number of carbonyl (C=O) groups is 2. The van der Waals surface area contributed by atoms with E-state index < -0.39 is 0 Å². The molecule has 0 rings (SSSR count). The van der Waals surface area contributed by atoms with E-state index in [0.717, 1.165) is 0 Å². The minimum Gasteiger partial charge on any atom is -0.377 e. The molecule has 0 unspecified atom stereocenters. The summed E-state index contributed by atoms with van der Waals surface area (Å²) in [5.74, 6) is -0.115. The summed E-state index contributed by atoms with van der Waals surface area (Å²) in [6.07, 6.45) is 0.485. The fourth-order valence-electron chi connectivity index (χ4n) is 1.66. The highest BCUT2D eigenvalue weighted by Crippen LogP contribution is 1.83. The van der Waals surface area contributed by atoms with Gasteiger partial charge >= 0.3 is 0 Å². The van der Waals surface area contributed by atoms with E-state index in [1.165, 1.54) is 0 Å². The fourth-order valence-corrected chi connectivity index (χ4v) is 1.66. The van der Waals surface area contributed by atoms with Gasteiger partial charge < -0.3 is 34.3 Å². The Bertz CT molecular complexity index is 344. The molecule has 0 saturated carbocycles. The highest BCUT2D eigenvalue weighted by Gasteiger charge is 1.99. The first-order chi connectivity index (χ1) is 13.7. The molecule has 9 nitrogen and oxygen atoms in total. The zero-order valence-electron chi connectivity index (χ0n) is 18.1. The smallest absolute Gasteiger partial charge is 0.246 e. The number of rotatable bonds is 19. The van der Waals surface area contributed by atoms with Crippen LogP contribution in [0.1, 0.15) is 34.1 Å². The number of carbonyl (C=O) groups excluding carboxylic acids is 2. The summed E-state index contributed by atoms with van der Waals surface area (Å²) < 4.78 is 26.3. The molecule has 168 valence electrons. The van der Waals surface area contributed by atoms with Crippen LogP contribution in [0, 0.1) is 0 Å². The topological polar surface area (TPSA) is 104 Å². The summed E-state index contributed by atoms with van der Waals surface area (Å²) >= 11 is 0. The molecule has 9 heteroatoms. The van der Waals surface area contributed by atoms with Gasteiger partial charge in [0.25, 0.3) is 0 Å². The number of hydrogen-bond acceptors (Lipinski definition) is 7. The molecule has 28 heavy (non-hydrogen) atoms. The lowest BCUT2D eigenvalue weighted by Gasteiger charge is -2.08. The van der Waals surface area contributed by atoms with Crippen LogP contribution < -0.4 is 10.6 Å². The minimum absolute atomic E-state index is 0.0253. The lowest BCUT2D eigenvalue weighted by Crippen LogP contribution is -2.30. The molecule has 0 saturated heterocycles. The van der Waals surface area contributed by atoms with E-state index in [1.807, 2.05) is 27.7 Å². The minimum atomic E-state index is -0.140. The van der Waals surface area contributed by atoms with Crippen molar-refractivity contribution in [2.24, 2.45) is 0 Å². The van der Waals surface area contributed by atoms with Gasteiger partial charge in [-0.25, -0.2) is 0 Å². The van der Waals surface area contributed by atoms with Crippen LogP contribution in [0.4, 0.5) is 0 Å². The molecule has 0 radical (unpaired) electrons. The van der Waals surface area contributed by atoms with Crippen molar-refractivity contribution in [1.29, 1.82) is 0 Å². The predicted octanol–water partition coefficient (Wildman–Crippen LogP) is 0.758. The van der Waals surface area contributed by atoms with Gasteiger partial charge in [-0.3, -0.25) is 9.59 Å². The molecule has 0 aliphatic rings. The van der Waals surface area contributed by atoms with E-state index >= 15 is 0 Å². The Morgan fingerprint density at radius 2 is 1.00 bits per heavy atom. The zero-order chi connectivity index (χ0) is 21.3. The van der Waals surface area contributed by atoms with Crippen LogP contribution >= 0.6 is 0 Å². The fraction of sp³-hybridized carbons (Fsp3) is 0.895. The van der Waals surface area contributed by atoms with Crippen molar-refractivity contribution in [2.75, 3.05) is 79.2 Å². The summed E-state index contributed by atoms with van der Waals surface area (Å²) in [5.41, 5.74) is 0. The SMILES string of the molecule is CC.CCOCC(=O)NCCOCCOCCOCCOCCNC(=O)CC. The Labute approximate surface area is 169 Å². The van der Waals surface area contributed by atoms with Gasteiger partial charge in [0.2, 0.25) is 11.8 Å². The Balaban J connectivity index is 0. The average Bonchev–Trinajstić information content (AvgIpc) is 2.73. The van der Waals surface area contributed by atoms with E-state index in [4.69, 9.17) is 23.7 Å².